The number of allylic oxidation sites excluding steroid dienone is 2. The number of phenols is 1. The second-order valence-corrected chi connectivity index (χ2v) is 13.3. The van der Waals surface area contributed by atoms with E-state index in [4.69, 9.17) is 9.47 Å². The Morgan fingerprint density at radius 3 is 2.67 bits per heavy atom. The van der Waals surface area contributed by atoms with E-state index in [-0.39, 0.29) is 41.4 Å². The zero-order valence-electron chi connectivity index (χ0n) is 23.7. The molecule has 2 amide bonds. The van der Waals surface area contributed by atoms with Gasteiger partial charge in [-0.1, -0.05) is 55.0 Å². The Hall–Kier alpha value is -2.95. The van der Waals surface area contributed by atoms with Crippen LogP contribution in [0.15, 0.2) is 71.1 Å². The first kappa shape index (κ1) is 29.1. The Balaban J connectivity index is 1.26. The molecule has 0 spiro atoms. The molecule has 2 saturated heterocycles. The molecule has 4 atom stereocenters. The molecule has 42 heavy (non-hydrogen) atoms. The highest BCUT2D eigenvalue weighted by Gasteiger charge is 2.56. The fourth-order valence-corrected chi connectivity index (χ4v) is 8.18. The van der Waals surface area contributed by atoms with E-state index in [0.717, 1.165) is 44.4 Å². The van der Waals surface area contributed by atoms with Crippen molar-refractivity contribution in [2.75, 3.05) is 13.7 Å². The molecule has 1 aromatic heterocycles. The summed E-state index contributed by atoms with van der Waals surface area (Å²) < 4.78 is 12.6. The van der Waals surface area contributed by atoms with E-state index in [1.54, 1.807) is 18.4 Å². The van der Waals surface area contributed by atoms with Gasteiger partial charge in [0.1, 0.15) is 0 Å². The van der Waals surface area contributed by atoms with Crippen LogP contribution in [0.25, 0.3) is 11.6 Å². The molecule has 3 aromatic rings. The SMILES string of the molecule is CCC1=C2[C@@H](CC/C(=C/c3cc(I)c(O)c(OC)c3)c3ccccc3)OC[C@@H]2[C@@H]2C(=O)N(Cc3cccs3)C(=O)[C@@H]2C1. The van der Waals surface area contributed by atoms with Crippen molar-refractivity contribution in [3.05, 3.63) is 90.7 Å². The second kappa shape index (κ2) is 12.3. The van der Waals surface area contributed by atoms with Gasteiger partial charge in [-0.2, -0.15) is 0 Å². The van der Waals surface area contributed by atoms with Crippen molar-refractivity contribution in [1.29, 1.82) is 0 Å². The van der Waals surface area contributed by atoms with E-state index < -0.39 is 0 Å². The zero-order chi connectivity index (χ0) is 29.4. The number of halogens is 1. The summed E-state index contributed by atoms with van der Waals surface area (Å²) in [5, 5.41) is 12.3. The van der Waals surface area contributed by atoms with Crippen LogP contribution in [0.4, 0.5) is 0 Å². The third-order valence-electron chi connectivity index (χ3n) is 8.85. The summed E-state index contributed by atoms with van der Waals surface area (Å²) >= 11 is 3.70. The highest BCUT2D eigenvalue weighted by atomic mass is 127. The molecule has 3 heterocycles. The van der Waals surface area contributed by atoms with Crippen molar-refractivity contribution in [3.63, 3.8) is 0 Å². The summed E-state index contributed by atoms with van der Waals surface area (Å²) in [6.45, 7) is 2.99. The van der Waals surface area contributed by atoms with E-state index in [1.807, 2.05) is 47.8 Å². The first-order valence-electron chi connectivity index (χ1n) is 14.4. The summed E-state index contributed by atoms with van der Waals surface area (Å²) in [4.78, 5) is 29.7. The Kier molecular flexibility index (Phi) is 8.56. The standard InChI is InChI=1S/C34H34INO5S/c1-3-21-17-25-31(34(39)36(33(25)38)18-24-10-7-13-42-24)26-19-41-28(30(21)26)12-11-23(22-8-5-4-6-9-22)14-20-15-27(35)32(37)29(16-20)40-2/h4-10,13-16,25-26,28,31,37H,3,11-12,17-19H2,1-2H3/b23-14-/t25-,26+,28-,31-/m1/s1. The first-order valence-corrected chi connectivity index (χ1v) is 16.4. The molecule has 218 valence electrons. The number of hydrogen-bond donors (Lipinski definition) is 1. The number of hydrogen-bond acceptors (Lipinski definition) is 6. The summed E-state index contributed by atoms with van der Waals surface area (Å²) in [6, 6.07) is 18.1. The molecular weight excluding hydrogens is 661 g/mol. The highest BCUT2D eigenvalue weighted by Crippen LogP contribution is 2.51. The van der Waals surface area contributed by atoms with Crippen molar-refractivity contribution in [2.45, 2.75) is 45.3 Å². The molecule has 8 heteroatoms. The van der Waals surface area contributed by atoms with E-state index in [2.05, 4.69) is 47.7 Å². The minimum atomic E-state index is -0.330. The number of benzene rings is 2. The van der Waals surface area contributed by atoms with Gasteiger partial charge >= 0.3 is 0 Å². The van der Waals surface area contributed by atoms with Crippen molar-refractivity contribution in [3.8, 4) is 11.5 Å². The molecule has 0 saturated carbocycles. The van der Waals surface area contributed by atoms with E-state index in [9.17, 15) is 14.7 Å². The fraction of sp³-hybridized carbons (Fsp3) is 0.353. The predicted molar refractivity (Wildman–Crippen MR) is 173 cm³/mol. The molecule has 0 unspecified atom stereocenters. The van der Waals surface area contributed by atoms with Crippen molar-refractivity contribution >= 4 is 57.4 Å². The van der Waals surface area contributed by atoms with Gasteiger partial charge in [0, 0.05) is 10.8 Å². The van der Waals surface area contributed by atoms with Crippen LogP contribution in [0.1, 0.15) is 48.6 Å². The molecule has 6 nitrogen and oxygen atoms in total. The van der Waals surface area contributed by atoms with Gasteiger partial charge < -0.3 is 14.6 Å². The third kappa shape index (κ3) is 5.44. The largest absolute Gasteiger partial charge is 0.504 e. The van der Waals surface area contributed by atoms with Gasteiger partial charge in [-0.15, -0.1) is 11.3 Å². The van der Waals surface area contributed by atoms with Crippen LogP contribution in [-0.4, -0.2) is 41.6 Å². The number of nitrogens with zero attached hydrogens (tertiary/aromatic N) is 1. The monoisotopic (exact) mass is 695 g/mol. The summed E-state index contributed by atoms with van der Waals surface area (Å²) in [6.07, 6.45) is 5.12. The van der Waals surface area contributed by atoms with Crippen LogP contribution in [0.2, 0.25) is 0 Å². The molecule has 3 aliphatic rings. The number of fused-ring (bicyclic) bond motifs is 3. The summed E-state index contributed by atoms with van der Waals surface area (Å²) in [5.74, 6) is -0.133. The van der Waals surface area contributed by atoms with Crippen molar-refractivity contribution < 1.29 is 24.2 Å². The average Bonchev–Trinajstić information content (AvgIpc) is 3.73. The van der Waals surface area contributed by atoms with E-state index in [1.165, 1.54) is 16.0 Å². The van der Waals surface area contributed by atoms with Gasteiger partial charge in [-0.05, 0) is 94.1 Å². The zero-order valence-corrected chi connectivity index (χ0v) is 26.7. The predicted octanol–water partition coefficient (Wildman–Crippen LogP) is 7.31. The van der Waals surface area contributed by atoms with Crippen LogP contribution in [-0.2, 0) is 20.9 Å². The lowest BCUT2D eigenvalue weighted by Crippen LogP contribution is -2.34. The van der Waals surface area contributed by atoms with Gasteiger partial charge in [0.2, 0.25) is 11.8 Å². The molecule has 0 bridgehead atoms. The Morgan fingerprint density at radius 1 is 1.14 bits per heavy atom. The van der Waals surface area contributed by atoms with Gasteiger partial charge in [0.05, 0.1) is 41.8 Å². The third-order valence-corrected chi connectivity index (χ3v) is 10.5. The van der Waals surface area contributed by atoms with Gasteiger partial charge in [0.25, 0.3) is 0 Å². The number of methoxy groups -OCH3 is 1. The maximum Gasteiger partial charge on any atom is 0.234 e. The smallest absolute Gasteiger partial charge is 0.234 e. The number of carbonyl (C=O) groups is 2. The van der Waals surface area contributed by atoms with Gasteiger partial charge in [0.15, 0.2) is 11.5 Å². The van der Waals surface area contributed by atoms with Gasteiger partial charge in [-0.25, -0.2) is 0 Å². The number of ether oxygens (including phenoxy) is 2. The van der Waals surface area contributed by atoms with E-state index in [0.29, 0.717) is 25.3 Å². The molecular formula is C34H34INO5S. The number of phenolic OH excluding ortho intramolecular Hbond substituents is 1. The minimum absolute atomic E-state index is 0.0277. The Bertz CT molecular complexity index is 1550. The number of amides is 2. The molecule has 2 aliphatic heterocycles. The number of thiophene rings is 1. The topological polar surface area (TPSA) is 76.1 Å². The normalized spacial score (nSPS) is 23.9. The molecule has 1 aliphatic carbocycles. The van der Waals surface area contributed by atoms with Crippen LogP contribution < -0.4 is 4.74 Å². The molecule has 2 aromatic carbocycles. The van der Waals surface area contributed by atoms with Gasteiger partial charge in [-0.3, -0.25) is 14.5 Å². The van der Waals surface area contributed by atoms with Crippen LogP contribution in [0.5, 0.6) is 11.5 Å². The number of aromatic hydroxyl groups is 1. The first-order chi connectivity index (χ1) is 20.4. The molecule has 0 radical (unpaired) electrons. The molecule has 6 rings (SSSR count). The van der Waals surface area contributed by atoms with E-state index >= 15 is 0 Å². The highest BCUT2D eigenvalue weighted by molar-refractivity contribution is 14.1. The second-order valence-electron chi connectivity index (χ2n) is 11.1. The summed E-state index contributed by atoms with van der Waals surface area (Å²) in [5.41, 5.74) is 5.78. The lowest BCUT2D eigenvalue weighted by Gasteiger charge is -2.31. The average molecular weight is 696 g/mol. The Labute approximate surface area is 264 Å². The maximum atomic E-state index is 13.7. The number of carbonyl (C=O) groups excluding carboxylic acids is 2. The van der Waals surface area contributed by atoms with Crippen LogP contribution in [0.3, 0.4) is 0 Å². The number of imide groups is 1. The number of likely N-dealkylation sites (tertiary alicyclic amines) is 1. The van der Waals surface area contributed by atoms with Crippen LogP contribution >= 0.6 is 33.9 Å². The Morgan fingerprint density at radius 2 is 1.95 bits per heavy atom. The minimum Gasteiger partial charge on any atom is -0.504 e. The maximum absolute atomic E-state index is 13.7. The fourth-order valence-electron chi connectivity index (χ4n) is 6.86. The summed E-state index contributed by atoms with van der Waals surface area (Å²) in [7, 11) is 1.56. The van der Waals surface area contributed by atoms with Crippen molar-refractivity contribution in [2.24, 2.45) is 17.8 Å². The molecule has 1 N–H and O–H groups in total. The van der Waals surface area contributed by atoms with Crippen molar-refractivity contribution in [1.82, 2.24) is 4.90 Å². The lowest BCUT2D eigenvalue weighted by atomic mass is 9.69. The number of rotatable bonds is 9. The quantitative estimate of drug-likeness (QED) is 0.110. The molecule has 2 fully saturated rings. The van der Waals surface area contributed by atoms with Crippen LogP contribution in [0, 0.1) is 21.3 Å². The lowest BCUT2D eigenvalue weighted by molar-refractivity contribution is -0.140.